The van der Waals surface area contributed by atoms with Crippen LogP contribution < -0.4 is 0 Å². The summed E-state index contributed by atoms with van der Waals surface area (Å²) in [5.41, 5.74) is 0. The molecular formula is C15H20ClN3O2S. The standard InChI is InChI=1S/C15H20ClN3O2S/c1-17-9-11(8-14(17)20)15(21)19-6-4-18(5-7-19)10-12-2-3-13(16)22-12/h2-3,11H,4-10H2,1H3/t11-/m1/s1. The zero-order chi connectivity index (χ0) is 15.7. The number of likely N-dealkylation sites (tertiary alicyclic amines) is 1. The minimum atomic E-state index is -0.153. The Balaban J connectivity index is 1.49. The lowest BCUT2D eigenvalue weighted by molar-refractivity contribution is -0.137. The Morgan fingerprint density at radius 1 is 1.32 bits per heavy atom. The fraction of sp³-hybridized carbons (Fsp3) is 0.600. The van der Waals surface area contributed by atoms with Crippen LogP contribution in [0.25, 0.3) is 0 Å². The summed E-state index contributed by atoms with van der Waals surface area (Å²) < 4.78 is 0.818. The number of rotatable bonds is 3. The van der Waals surface area contributed by atoms with Gasteiger partial charge in [-0.15, -0.1) is 11.3 Å². The molecule has 1 atom stereocenters. The summed E-state index contributed by atoms with van der Waals surface area (Å²) in [5.74, 6) is 0.0585. The van der Waals surface area contributed by atoms with Gasteiger partial charge in [-0.25, -0.2) is 0 Å². The summed E-state index contributed by atoms with van der Waals surface area (Å²) in [6.45, 7) is 4.68. The van der Waals surface area contributed by atoms with Crippen molar-refractivity contribution in [3.63, 3.8) is 0 Å². The van der Waals surface area contributed by atoms with Gasteiger partial charge in [-0.3, -0.25) is 14.5 Å². The van der Waals surface area contributed by atoms with E-state index in [9.17, 15) is 9.59 Å². The van der Waals surface area contributed by atoms with E-state index in [0.29, 0.717) is 13.0 Å². The van der Waals surface area contributed by atoms with Gasteiger partial charge in [0.15, 0.2) is 0 Å². The van der Waals surface area contributed by atoms with Gasteiger partial charge in [0.1, 0.15) is 0 Å². The van der Waals surface area contributed by atoms with Gasteiger partial charge < -0.3 is 9.80 Å². The highest BCUT2D eigenvalue weighted by Crippen LogP contribution is 2.24. The Bertz CT molecular complexity index is 569. The smallest absolute Gasteiger partial charge is 0.228 e. The Hall–Kier alpha value is -1.11. The molecule has 0 radical (unpaired) electrons. The van der Waals surface area contributed by atoms with Gasteiger partial charge >= 0.3 is 0 Å². The van der Waals surface area contributed by atoms with Gasteiger partial charge in [-0.2, -0.15) is 0 Å². The molecule has 0 aromatic carbocycles. The number of carbonyl (C=O) groups excluding carboxylic acids is 2. The summed E-state index contributed by atoms with van der Waals surface area (Å²) in [4.78, 5) is 31.2. The second-order valence-corrected chi connectivity index (χ2v) is 7.78. The molecule has 2 aliphatic heterocycles. The second kappa shape index (κ2) is 6.56. The topological polar surface area (TPSA) is 43.9 Å². The highest BCUT2D eigenvalue weighted by Gasteiger charge is 2.35. The number of thiophene rings is 1. The fourth-order valence-corrected chi connectivity index (χ4v) is 4.20. The summed E-state index contributed by atoms with van der Waals surface area (Å²) in [6.07, 6.45) is 0.364. The Labute approximate surface area is 139 Å². The first-order valence-corrected chi connectivity index (χ1v) is 8.71. The molecule has 1 aromatic rings. The molecule has 1 aromatic heterocycles. The fourth-order valence-electron chi connectivity index (χ4n) is 3.07. The van der Waals surface area contributed by atoms with E-state index in [1.165, 1.54) is 4.88 Å². The third kappa shape index (κ3) is 3.45. The van der Waals surface area contributed by atoms with Crippen molar-refractivity contribution < 1.29 is 9.59 Å². The van der Waals surface area contributed by atoms with E-state index < -0.39 is 0 Å². The van der Waals surface area contributed by atoms with E-state index in [0.717, 1.165) is 37.1 Å². The van der Waals surface area contributed by atoms with Crippen LogP contribution in [0.2, 0.25) is 4.34 Å². The van der Waals surface area contributed by atoms with E-state index >= 15 is 0 Å². The number of amides is 2. The van der Waals surface area contributed by atoms with Crippen molar-refractivity contribution in [3.8, 4) is 0 Å². The first-order chi connectivity index (χ1) is 10.5. The number of piperazine rings is 1. The quantitative estimate of drug-likeness (QED) is 0.837. The van der Waals surface area contributed by atoms with E-state index in [1.54, 1.807) is 23.3 Å². The van der Waals surface area contributed by atoms with E-state index in [-0.39, 0.29) is 17.7 Å². The van der Waals surface area contributed by atoms with Crippen molar-refractivity contribution >= 4 is 34.8 Å². The lowest BCUT2D eigenvalue weighted by Gasteiger charge is -2.35. The van der Waals surface area contributed by atoms with Crippen molar-refractivity contribution in [3.05, 3.63) is 21.3 Å². The van der Waals surface area contributed by atoms with Crippen LogP contribution in [-0.2, 0) is 16.1 Å². The summed E-state index contributed by atoms with van der Waals surface area (Å²) >= 11 is 7.56. The SMILES string of the molecule is CN1C[C@H](C(=O)N2CCN(Cc3ccc(Cl)s3)CC2)CC1=O. The number of carbonyl (C=O) groups is 2. The zero-order valence-electron chi connectivity index (χ0n) is 12.6. The first kappa shape index (κ1) is 15.8. The minimum Gasteiger partial charge on any atom is -0.345 e. The molecule has 2 aliphatic rings. The Kier molecular flexibility index (Phi) is 4.70. The summed E-state index contributed by atoms with van der Waals surface area (Å²) in [6, 6.07) is 3.99. The number of halogens is 1. The van der Waals surface area contributed by atoms with Crippen LogP contribution in [0.4, 0.5) is 0 Å². The van der Waals surface area contributed by atoms with Crippen LogP contribution in [0.5, 0.6) is 0 Å². The normalized spacial score (nSPS) is 23.4. The molecule has 0 N–H and O–H groups in total. The third-order valence-corrected chi connectivity index (χ3v) is 5.60. The monoisotopic (exact) mass is 341 g/mol. The molecule has 0 unspecified atom stereocenters. The molecule has 2 saturated heterocycles. The van der Waals surface area contributed by atoms with E-state index in [2.05, 4.69) is 11.0 Å². The predicted molar refractivity (Wildman–Crippen MR) is 86.9 cm³/mol. The molecule has 120 valence electrons. The molecule has 0 saturated carbocycles. The minimum absolute atomic E-state index is 0.0755. The maximum atomic E-state index is 12.5. The molecule has 0 spiro atoms. The highest BCUT2D eigenvalue weighted by molar-refractivity contribution is 7.16. The van der Waals surface area contributed by atoms with Gasteiger partial charge in [0.2, 0.25) is 11.8 Å². The average molecular weight is 342 g/mol. The van der Waals surface area contributed by atoms with Gasteiger partial charge in [0.05, 0.1) is 10.3 Å². The third-order valence-electron chi connectivity index (χ3n) is 4.38. The summed E-state index contributed by atoms with van der Waals surface area (Å²) in [5, 5.41) is 0. The van der Waals surface area contributed by atoms with Crippen molar-refractivity contribution in [1.29, 1.82) is 0 Å². The first-order valence-electron chi connectivity index (χ1n) is 7.52. The maximum absolute atomic E-state index is 12.5. The van der Waals surface area contributed by atoms with Crippen molar-refractivity contribution in [2.24, 2.45) is 5.92 Å². The van der Waals surface area contributed by atoms with Crippen molar-refractivity contribution in [2.45, 2.75) is 13.0 Å². The Morgan fingerprint density at radius 2 is 2.05 bits per heavy atom. The molecule has 0 aliphatic carbocycles. The van der Waals surface area contributed by atoms with Gasteiger partial charge in [-0.05, 0) is 12.1 Å². The lowest BCUT2D eigenvalue weighted by Crippen LogP contribution is -2.50. The van der Waals surface area contributed by atoms with Crippen molar-refractivity contribution in [1.82, 2.24) is 14.7 Å². The van der Waals surface area contributed by atoms with Crippen molar-refractivity contribution in [2.75, 3.05) is 39.8 Å². The van der Waals surface area contributed by atoms with Crippen LogP contribution >= 0.6 is 22.9 Å². The molecule has 2 fully saturated rings. The maximum Gasteiger partial charge on any atom is 0.228 e. The Morgan fingerprint density at radius 3 is 2.59 bits per heavy atom. The molecule has 2 amide bonds. The number of nitrogens with zero attached hydrogens (tertiary/aromatic N) is 3. The average Bonchev–Trinajstić information content (AvgIpc) is 3.05. The van der Waals surface area contributed by atoms with Crippen LogP contribution in [0.15, 0.2) is 12.1 Å². The number of hydrogen-bond acceptors (Lipinski definition) is 4. The molecule has 5 nitrogen and oxygen atoms in total. The van der Waals surface area contributed by atoms with Gasteiger partial charge in [0.25, 0.3) is 0 Å². The summed E-state index contributed by atoms with van der Waals surface area (Å²) in [7, 11) is 1.76. The molecule has 0 bridgehead atoms. The highest BCUT2D eigenvalue weighted by atomic mass is 35.5. The van der Waals surface area contributed by atoms with Gasteiger partial charge in [0, 0.05) is 57.6 Å². The van der Waals surface area contributed by atoms with Gasteiger partial charge in [-0.1, -0.05) is 11.6 Å². The largest absolute Gasteiger partial charge is 0.345 e. The van der Waals surface area contributed by atoms with E-state index in [4.69, 9.17) is 11.6 Å². The predicted octanol–water partition coefficient (Wildman–Crippen LogP) is 1.52. The molecule has 22 heavy (non-hydrogen) atoms. The van der Waals surface area contributed by atoms with Crippen LogP contribution in [0.1, 0.15) is 11.3 Å². The number of hydrogen-bond donors (Lipinski definition) is 0. The van der Waals surface area contributed by atoms with Crippen LogP contribution in [0, 0.1) is 5.92 Å². The lowest BCUT2D eigenvalue weighted by atomic mass is 10.1. The zero-order valence-corrected chi connectivity index (χ0v) is 14.2. The molecule has 3 heterocycles. The van der Waals surface area contributed by atoms with Crippen LogP contribution in [0.3, 0.4) is 0 Å². The van der Waals surface area contributed by atoms with Crippen LogP contribution in [-0.4, -0.2) is 66.3 Å². The molecule has 3 rings (SSSR count). The molecule has 7 heteroatoms. The molecular weight excluding hydrogens is 322 g/mol. The second-order valence-electron chi connectivity index (χ2n) is 5.98. The van der Waals surface area contributed by atoms with E-state index in [1.807, 2.05) is 11.0 Å².